The summed E-state index contributed by atoms with van der Waals surface area (Å²) in [5.74, 6) is 0.0329. The smallest absolute Gasteiger partial charge is 0.269 e. The Kier molecular flexibility index (Phi) is 5.42. The lowest BCUT2D eigenvalue weighted by Gasteiger charge is -2.43. The molecule has 0 spiro atoms. The number of Topliss-reactive ketones (excluding diaryl/α,β-unsaturated/α-hetero) is 1. The number of nitrogens with zero attached hydrogens (tertiary/aromatic N) is 3. The van der Waals surface area contributed by atoms with E-state index in [9.17, 15) is 20.2 Å². The van der Waals surface area contributed by atoms with Gasteiger partial charge in [0.1, 0.15) is 11.6 Å². The van der Waals surface area contributed by atoms with Crippen molar-refractivity contribution in [3.63, 3.8) is 0 Å². The number of anilines is 1. The number of nitro groups is 1. The standard InChI is InChI=1S/C25H24N4O4/c1-25(2)12-20-23(21(30)13-25)22(15-5-4-6-17(11-15)29(31)32)19(14-26)24(27)28(20)16-7-9-18(33-3)10-8-16/h4-11,22H,12-13,27H2,1-3H3/t22-/m1/s1. The summed E-state index contributed by atoms with van der Waals surface area (Å²) in [6.07, 6.45) is 0.872. The molecule has 168 valence electrons. The molecule has 4 rings (SSSR count). The Morgan fingerprint density at radius 2 is 1.91 bits per heavy atom. The summed E-state index contributed by atoms with van der Waals surface area (Å²) in [5, 5.41) is 21.5. The lowest BCUT2D eigenvalue weighted by atomic mass is 9.68. The Labute approximate surface area is 191 Å². The lowest BCUT2D eigenvalue weighted by Crippen LogP contribution is -2.42. The Morgan fingerprint density at radius 1 is 1.21 bits per heavy atom. The lowest BCUT2D eigenvalue weighted by molar-refractivity contribution is -0.384. The van der Waals surface area contributed by atoms with Crippen LogP contribution in [-0.4, -0.2) is 17.8 Å². The van der Waals surface area contributed by atoms with Gasteiger partial charge in [0.2, 0.25) is 0 Å². The van der Waals surface area contributed by atoms with Crippen molar-refractivity contribution < 1.29 is 14.5 Å². The first-order valence-corrected chi connectivity index (χ1v) is 10.5. The summed E-state index contributed by atoms with van der Waals surface area (Å²) in [4.78, 5) is 26.1. The first-order valence-electron chi connectivity index (χ1n) is 10.5. The number of nitriles is 1. The zero-order valence-electron chi connectivity index (χ0n) is 18.7. The number of ketones is 1. The van der Waals surface area contributed by atoms with Gasteiger partial charge < -0.3 is 10.5 Å². The van der Waals surface area contributed by atoms with E-state index >= 15 is 0 Å². The van der Waals surface area contributed by atoms with Crippen molar-refractivity contribution in [2.24, 2.45) is 11.1 Å². The van der Waals surface area contributed by atoms with Crippen molar-refractivity contribution in [1.82, 2.24) is 0 Å². The van der Waals surface area contributed by atoms with Crippen LogP contribution < -0.4 is 15.4 Å². The molecule has 0 amide bonds. The number of benzene rings is 2. The maximum absolute atomic E-state index is 13.5. The highest BCUT2D eigenvalue weighted by molar-refractivity contribution is 6.01. The fourth-order valence-corrected chi connectivity index (χ4v) is 4.69. The number of allylic oxidation sites excluding steroid dienone is 3. The van der Waals surface area contributed by atoms with Crippen molar-refractivity contribution in [2.75, 3.05) is 12.0 Å². The van der Waals surface area contributed by atoms with E-state index in [1.807, 2.05) is 26.0 Å². The molecule has 0 fully saturated rings. The van der Waals surface area contributed by atoms with E-state index in [0.29, 0.717) is 35.4 Å². The third-order valence-corrected chi connectivity index (χ3v) is 6.13. The van der Waals surface area contributed by atoms with Gasteiger partial charge in [0.15, 0.2) is 5.78 Å². The minimum atomic E-state index is -0.761. The first-order chi connectivity index (χ1) is 15.7. The molecule has 33 heavy (non-hydrogen) atoms. The average molecular weight is 444 g/mol. The molecular weight excluding hydrogens is 420 g/mol. The molecule has 0 unspecified atom stereocenters. The van der Waals surface area contributed by atoms with Gasteiger partial charge in [-0.15, -0.1) is 0 Å². The van der Waals surface area contributed by atoms with E-state index in [4.69, 9.17) is 10.5 Å². The average Bonchev–Trinajstić information content (AvgIpc) is 2.78. The van der Waals surface area contributed by atoms with E-state index in [0.717, 1.165) is 5.70 Å². The Balaban J connectivity index is 1.97. The fraction of sp³-hybridized carbons (Fsp3) is 0.280. The van der Waals surface area contributed by atoms with Crippen LogP contribution in [0.25, 0.3) is 0 Å². The second-order valence-corrected chi connectivity index (χ2v) is 9.03. The van der Waals surface area contributed by atoms with Crippen LogP contribution in [0.5, 0.6) is 5.75 Å². The zero-order chi connectivity index (χ0) is 23.9. The van der Waals surface area contributed by atoms with Crippen LogP contribution in [-0.2, 0) is 4.79 Å². The predicted molar refractivity (Wildman–Crippen MR) is 123 cm³/mol. The molecule has 8 nitrogen and oxygen atoms in total. The number of carbonyl (C=O) groups excluding carboxylic acids is 1. The van der Waals surface area contributed by atoms with Gasteiger partial charge in [0, 0.05) is 35.5 Å². The van der Waals surface area contributed by atoms with Crippen LogP contribution in [0.3, 0.4) is 0 Å². The van der Waals surface area contributed by atoms with Gasteiger partial charge in [-0.05, 0) is 41.7 Å². The number of non-ortho nitro benzene ring substituents is 1. The van der Waals surface area contributed by atoms with Crippen LogP contribution in [0.4, 0.5) is 11.4 Å². The molecule has 1 aliphatic carbocycles. The van der Waals surface area contributed by atoms with Crippen LogP contribution in [0.1, 0.15) is 38.2 Å². The number of hydrogen-bond acceptors (Lipinski definition) is 7. The Bertz CT molecular complexity index is 1250. The summed E-state index contributed by atoms with van der Waals surface area (Å²) in [6.45, 7) is 4.03. The van der Waals surface area contributed by atoms with E-state index in [-0.39, 0.29) is 28.3 Å². The Hall–Kier alpha value is -4.12. The third kappa shape index (κ3) is 3.82. The normalized spacial score (nSPS) is 19.8. The molecule has 1 aliphatic heterocycles. The molecule has 2 aromatic rings. The van der Waals surface area contributed by atoms with Crippen molar-refractivity contribution >= 4 is 17.2 Å². The van der Waals surface area contributed by atoms with Gasteiger partial charge in [-0.1, -0.05) is 26.0 Å². The fourth-order valence-electron chi connectivity index (χ4n) is 4.69. The van der Waals surface area contributed by atoms with E-state index in [2.05, 4.69) is 6.07 Å². The van der Waals surface area contributed by atoms with Crippen LogP contribution in [0.2, 0.25) is 0 Å². The number of nitro benzene ring substituents is 1. The second-order valence-electron chi connectivity index (χ2n) is 9.03. The minimum absolute atomic E-state index is 0.0866. The van der Waals surface area contributed by atoms with Gasteiger partial charge in [-0.25, -0.2) is 0 Å². The number of methoxy groups -OCH3 is 1. The van der Waals surface area contributed by atoms with Gasteiger partial charge >= 0.3 is 0 Å². The quantitative estimate of drug-likeness (QED) is 0.542. The van der Waals surface area contributed by atoms with Gasteiger partial charge in [-0.2, -0.15) is 5.26 Å². The summed E-state index contributed by atoms with van der Waals surface area (Å²) in [5.41, 5.74) is 8.75. The van der Waals surface area contributed by atoms with E-state index < -0.39 is 10.8 Å². The maximum atomic E-state index is 13.5. The number of carbonyl (C=O) groups is 1. The predicted octanol–water partition coefficient (Wildman–Crippen LogP) is 4.54. The minimum Gasteiger partial charge on any atom is -0.497 e. The van der Waals surface area contributed by atoms with Crippen molar-refractivity contribution in [3.8, 4) is 11.8 Å². The molecule has 0 bridgehead atoms. The van der Waals surface area contributed by atoms with E-state index in [1.54, 1.807) is 36.3 Å². The molecule has 1 heterocycles. The molecule has 2 aromatic carbocycles. The van der Waals surface area contributed by atoms with Gasteiger partial charge in [-0.3, -0.25) is 19.8 Å². The molecule has 2 aliphatic rings. The van der Waals surface area contributed by atoms with Gasteiger partial charge in [0.05, 0.1) is 29.6 Å². The third-order valence-electron chi connectivity index (χ3n) is 6.13. The number of hydrogen-bond donors (Lipinski definition) is 1. The maximum Gasteiger partial charge on any atom is 0.269 e. The molecule has 0 saturated carbocycles. The van der Waals surface area contributed by atoms with Crippen molar-refractivity contribution in [3.05, 3.63) is 86.9 Å². The van der Waals surface area contributed by atoms with Gasteiger partial charge in [0.25, 0.3) is 5.69 Å². The highest BCUT2D eigenvalue weighted by Gasteiger charge is 2.44. The SMILES string of the molecule is COc1ccc(N2C(N)=C(C#N)[C@@H](c3cccc([N+](=O)[O-])c3)C3=C2CC(C)(C)CC3=O)cc1. The number of ether oxygens (including phenoxy) is 1. The van der Waals surface area contributed by atoms with Crippen molar-refractivity contribution in [1.29, 1.82) is 5.26 Å². The highest BCUT2D eigenvalue weighted by atomic mass is 16.6. The summed E-state index contributed by atoms with van der Waals surface area (Å²) >= 11 is 0. The topological polar surface area (TPSA) is 122 Å². The molecule has 0 radical (unpaired) electrons. The monoisotopic (exact) mass is 444 g/mol. The van der Waals surface area contributed by atoms with Crippen LogP contribution in [0.15, 0.2) is 71.2 Å². The highest BCUT2D eigenvalue weighted by Crippen LogP contribution is 2.50. The van der Waals surface area contributed by atoms with Crippen LogP contribution >= 0.6 is 0 Å². The molecule has 0 aromatic heterocycles. The zero-order valence-corrected chi connectivity index (χ0v) is 18.7. The largest absolute Gasteiger partial charge is 0.497 e. The number of nitrogens with two attached hydrogens (primary N) is 1. The summed E-state index contributed by atoms with van der Waals surface area (Å²) < 4.78 is 5.25. The molecular formula is C25H24N4O4. The Morgan fingerprint density at radius 3 is 2.52 bits per heavy atom. The molecule has 1 atom stereocenters. The van der Waals surface area contributed by atoms with Crippen molar-refractivity contribution in [2.45, 2.75) is 32.6 Å². The molecule has 0 saturated heterocycles. The second kappa shape index (κ2) is 8.10. The molecule has 2 N–H and O–H groups in total. The van der Waals surface area contributed by atoms with E-state index in [1.165, 1.54) is 12.1 Å². The van der Waals surface area contributed by atoms with Crippen LogP contribution in [0, 0.1) is 26.9 Å². The number of rotatable bonds is 4. The molecule has 8 heteroatoms. The summed E-state index contributed by atoms with van der Waals surface area (Å²) in [7, 11) is 1.57. The first kappa shape index (κ1) is 22.1. The summed E-state index contributed by atoms with van der Waals surface area (Å²) in [6, 6.07) is 15.5.